The molecule has 0 unspecified atom stereocenters. The van der Waals surface area contributed by atoms with Crippen LogP contribution in [0.4, 0.5) is 0 Å². The lowest BCUT2D eigenvalue weighted by Crippen LogP contribution is -1.92. The molecule has 1 rings (SSSR count). The number of benzene rings is 1. The molecule has 0 nitrogen and oxygen atoms in total. The molecule has 0 N–H and O–H groups in total. The molecular weight excluding hydrogens is 226 g/mol. The highest BCUT2D eigenvalue weighted by atomic mass is 35.5. The molecule has 0 aliphatic rings. The van der Waals surface area contributed by atoms with Crippen LogP contribution in [0.2, 0.25) is 15.1 Å². The third kappa shape index (κ3) is 2.12. The van der Waals surface area contributed by atoms with Gasteiger partial charge in [0.25, 0.3) is 0 Å². The highest BCUT2D eigenvalue weighted by Gasteiger charge is 2.12. The molecule has 0 saturated carbocycles. The first-order valence-corrected chi connectivity index (χ1v) is 5.32. The van der Waals surface area contributed by atoms with Gasteiger partial charge in [0.05, 0.1) is 10.0 Å². The van der Waals surface area contributed by atoms with Crippen molar-refractivity contribution in [2.24, 2.45) is 0 Å². The van der Waals surface area contributed by atoms with Crippen LogP contribution in [0.1, 0.15) is 25.0 Å². The summed E-state index contributed by atoms with van der Waals surface area (Å²) in [7, 11) is 0. The van der Waals surface area contributed by atoms with Crippen molar-refractivity contribution in [3.05, 3.63) is 32.3 Å². The first-order valence-electron chi connectivity index (χ1n) is 4.19. The van der Waals surface area contributed by atoms with Crippen LogP contribution in [-0.4, -0.2) is 0 Å². The van der Waals surface area contributed by atoms with Crippen molar-refractivity contribution in [1.29, 1.82) is 0 Å². The van der Waals surface area contributed by atoms with Gasteiger partial charge >= 0.3 is 0 Å². The molecular formula is C10H10Cl3. The van der Waals surface area contributed by atoms with Crippen LogP contribution in [0.5, 0.6) is 0 Å². The van der Waals surface area contributed by atoms with E-state index in [1.807, 2.05) is 13.8 Å². The molecule has 0 heterocycles. The van der Waals surface area contributed by atoms with Crippen molar-refractivity contribution in [2.75, 3.05) is 0 Å². The Kier molecular flexibility index (Phi) is 3.90. The van der Waals surface area contributed by atoms with Crippen LogP contribution >= 0.6 is 34.8 Å². The highest BCUT2D eigenvalue weighted by Crippen LogP contribution is 2.33. The predicted molar refractivity (Wildman–Crippen MR) is 59.1 cm³/mol. The summed E-state index contributed by atoms with van der Waals surface area (Å²) in [5.41, 5.74) is 1.87. The Bertz CT molecular complexity index is 290. The fourth-order valence-corrected chi connectivity index (χ4v) is 2.49. The molecule has 1 aromatic carbocycles. The van der Waals surface area contributed by atoms with Gasteiger partial charge in [-0.05, 0) is 24.0 Å². The number of rotatable bonds is 2. The Hall–Kier alpha value is 0.0900. The summed E-state index contributed by atoms with van der Waals surface area (Å²) in [5, 5.41) is 1.77. The Balaban J connectivity index is 3.39. The molecule has 0 amide bonds. The Morgan fingerprint density at radius 3 is 1.62 bits per heavy atom. The van der Waals surface area contributed by atoms with Gasteiger partial charge in [0.1, 0.15) is 0 Å². The van der Waals surface area contributed by atoms with E-state index in [1.165, 1.54) is 0 Å². The monoisotopic (exact) mass is 235 g/mol. The average Bonchev–Trinajstić information content (AvgIpc) is 2.04. The molecule has 0 spiro atoms. The van der Waals surface area contributed by atoms with Crippen LogP contribution in [0.25, 0.3) is 0 Å². The van der Waals surface area contributed by atoms with Gasteiger partial charge in [-0.25, -0.2) is 0 Å². The maximum atomic E-state index is 6.13. The molecule has 13 heavy (non-hydrogen) atoms. The van der Waals surface area contributed by atoms with Gasteiger partial charge in [0.15, 0.2) is 0 Å². The lowest BCUT2D eigenvalue weighted by Gasteiger charge is -2.10. The second-order valence-corrected chi connectivity index (χ2v) is 3.87. The van der Waals surface area contributed by atoms with Crippen LogP contribution in [0.3, 0.4) is 0 Å². The zero-order valence-corrected chi connectivity index (χ0v) is 9.82. The number of halogens is 3. The second-order valence-electron chi connectivity index (χ2n) is 2.73. The fourth-order valence-electron chi connectivity index (χ4n) is 1.24. The summed E-state index contributed by atoms with van der Waals surface area (Å²) in [5.74, 6) is 0. The van der Waals surface area contributed by atoms with Gasteiger partial charge in [0, 0.05) is 11.1 Å². The molecule has 0 aliphatic heterocycles. The van der Waals surface area contributed by atoms with E-state index in [1.54, 1.807) is 0 Å². The molecule has 71 valence electrons. The van der Waals surface area contributed by atoms with E-state index in [0.717, 1.165) is 24.0 Å². The topological polar surface area (TPSA) is 0 Å². The maximum absolute atomic E-state index is 6.13. The molecule has 0 saturated heterocycles. The number of hydrogen-bond acceptors (Lipinski definition) is 0. The highest BCUT2D eigenvalue weighted by molar-refractivity contribution is 6.40. The predicted octanol–water partition coefficient (Wildman–Crippen LogP) is 4.57. The maximum Gasteiger partial charge on any atom is 0.0547 e. The molecule has 0 aromatic heterocycles. The minimum absolute atomic E-state index is 0.537. The summed E-state index contributed by atoms with van der Waals surface area (Å²) in [6, 6.07) is 2.90. The smallest absolute Gasteiger partial charge is 0.0547 e. The minimum atomic E-state index is 0.537. The van der Waals surface area contributed by atoms with E-state index in [0.29, 0.717) is 15.1 Å². The van der Waals surface area contributed by atoms with Crippen LogP contribution in [-0.2, 0) is 12.8 Å². The quantitative estimate of drug-likeness (QED) is 0.705. The standard InChI is InChI=1S/C10H10Cl3/c1-3-6-8(11)5-9(12)7(4-2)10(6)13/h3-4H2,1-2H3. The fraction of sp³-hybridized carbons (Fsp3) is 0.400. The molecule has 1 radical (unpaired) electrons. The summed E-state index contributed by atoms with van der Waals surface area (Å²) >= 11 is 18.0. The molecule has 0 atom stereocenters. The first-order chi connectivity index (χ1) is 6.11. The van der Waals surface area contributed by atoms with E-state index in [9.17, 15) is 0 Å². The van der Waals surface area contributed by atoms with Gasteiger partial charge in [0.2, 0.25) is 0 Å². The summed E-state index contributed by atoms with van der Waals surface area (Å²) in [4.78, 5) is 0. The van der Waals surface area contributed by atoms with E-state index in [4.69, 9.17) is 34.8 Å². The van der Waals surface area contributed by atoms with Crippen molar-refractivity contribution in [3.63, 3.8) is 0 Å². The first kappa shape index (κ1) is 11.2. The summed E-state index contributed by atoms with van der Waals surface area (Å²) < 4.78 is 0. The third-order valence-electron chi connectivity index (χ3n) is 1.99. The molecule has 0 bridgehead atoms. The van der Waals surface area contributed by atoms with E-state index >= 15 is 0 Å². The third-order valence-corrected chi connectivity index (χ3v) is 3.09. The van der Waals surface area contributed by atoms with Gasteiger partial charge in [-0.2, -0.15) is 0 Å². The van der Waals surface area contributed by atoms with Crippen LogP contribution in [0.15, 0.2) is 0 Å². The Morgan fingerprint density at radius 1 is 0.923 bits per heavy atom. The Labute approximate surface area is 93.8 Å². The number of hydrogen-bond donors (Lipinski definition) is 0. The van der Waals surface area contributed by atoms with Gasteiger partial charge in [-0.1, -0.05) is 48.7 Å². The lowest BCUT2D eigenvalue weighted by molar-refractivity contribution is 1.09. The van der Waals surface area contributed by atoms with Gasteiger partial charge in [-0.3, -0.25) is 0 Å². The largest absolute Gasteiger partial charge is 0.0836 e. The zero-order valence-electron chi connectivity index (χ0n) is 7.55. The van der Waals surface area contributed by atoms with Crippen molar-refractivity contribution in [2.45, 2.75) is 26.7 Å². The minimum Gasteiger partial charge on any atom is -0.0836 e. The lowest BCUT2D eigenvalue weighted by atomic mass is 10.1. The van der Waals surface area contributed by atoms with Crippen LogP contribution in [0, 0.1) is 6.07 Å². The molecule has 0 fully saturated rings. The summed E-state index contributed by atoms with van der Waals surface area (Å²) in [6.07, 6.45) is 1.61. The van der Waals surface area contributed by atoms with Crippen molar-refractivity contribution < 1.29 is 0 Å². The van der Waals surface area contributed by atoms with Crippen molar-refractivity contribution in [1.82, 2.24) is 0 Å². The van der Waals surface area contributed by atoms with E-state index in [-0.39, 0.29) is 0 Å². The average molecular weight is 237 g/mol. The molecule has 3 heteroatoms. The van der Waals surface area contributed by atoms with E-state index in [2.05, 4.69) is 6.07 Å². The van der Waals surface area contributed by atoms with Gasteiger partial charge in [-0.15, -0.1) is 0 Å². The SMILES string of the molecule is CCc1c(Cl)[c]c(Cl)c(CC)c1Cl. The molecule has 0 aliphatic carbocycles. The Morgan fingerprint density at radius 2 is 1.31 bits per heavy atom. The normalized spacial score (nSPS) is 10.5. The van der Waals surface area contributed by atoms with Crippen LogP contribution < -0.4 is 0 Å². The van der Waals surface area contributed by atoms with E-state index < -0.39 is 0 Å². The summed E-state index contributed by atoms with van der Waals surface area (Å²) in [6.45, 7) is 4.02. The molecule has 1 aromatic rings. The zero-order chi connectivity index (χ0) is 10.0. The van der Waals surface area contributed by atoms with Crippen molar-refractivity contribution in [3.8, 4) is 0 Å². The second kappa shape index (κ2) is 4.54. The van der Waals surface area contributed by atoms with Crippen molar-refractivity contribution >= 4 is 34.8 Å². The van der Waals surface area contributed by atoms with Gasteiger partial charge < -0.3 is 0 Å².